The second-order valence-electron chi connectivity index (χ2n) is 4.73. The number of benzene rings is 1. The highest BCUT2D eigenvalue weighted by Crippen LogP contribution is 2.11. The van der Waals surface area contributed by atoms with Gasteiger partial charge in [-0.25, -0.2) is 0 Å². The highest BCUT2D eigenvalue weighted by molar-refractivity contribution is 5.23. The number of nitrogens with one attached hydrogen (secondary N) is 1. The molecule has 0 heterocycles. The van der Waals surface area contributed by atoms with Gasteiger partial charge in [0.1, 0.15) is 0 Å². The van der Waals surface area contributed by atoms with Crippen LogP contribution in [-0.4, -0.2) is 6.04 Å². The molecule has 96 valence electrons. The van der Waals surface area contributed by atoms with Gasteiger partial charge in [-0.3, -0.25) is 11.3 Å². The Balaban J connectivity index is 2.43. The molecule has 3 N–H and O–H groups in total. The monoisotopic (exact) mass is 234 g/mol. The summed E-state index contributed by atoms with van der Waals surface area (Å²) in [6, 6.07) is 9.30. The molecule has 0 saturated heterocycles. The molecule has 1 atom stereocenters. The van der Waals surface area contributed by atoms with Crippen molar-refractivity contribution in [2.24, 2.45) is 5.84 Å². The third-order valence-corrected chi connectivity index (χ3v) is 3.31. The smallest absolute Gasteiger partial charge is 0.0250 e. The van der Waals surface area contributed by atoms with Crippen LogP contribution in [0.4, 0.5) is 0 Å². The number of aryl methyl sites for hydroxylation is 1. The van der Waals surface area contributed by atoms with Crippen molar-refractivity contribution in [1.29, 1.82) is 0 Å². The minimum Gasteiger partial charge on any atom is -0.271 e. The van der Waals surface area contributed by atoms with Crippen LogP contribution in [0, 0.1) is 0 Å². The number of nitrogens with two attached hydrogens (primary N) is 1. The molecule has 0 aromatic heterocycles. The number of unbranched alkanes of at least 4 members (excludes halogenated alkanes) is 2. The van der Waals surface area contributed by atoms with E-state index < -0.39 is 0 Å². The minimum absolute atomic E-state index is 0.411. The van der Waals surface area contributed by atoms with Crippen LogP contribution in [0.25, 0.3) is 0 Å². The summed E-state index contributed by atoms with van der Waals surface area (Å²) in [6.45, 7) is 4.42. The van der Waals surface area contributed by atoms with Crippen LogP contribution in [0.15, 0.2) is 24.3 Å². The van der Waals surface area contributed by atoms with Gasteiger partial charge in [0.2, 0.25) is 0 Å². The van der Waals surface area contributed by atoms with Gasteiger partial charge in [-0.2, -0.15) is 0 Å². The molecule has 1 aromatic carbocycles. The van der Waals surface area contributed by atoms with Gasteiger partial charge in [-0.05, 0) is 30.4 Å². The molecule has 1 aromatic rings. The molecule has 2 nitrogen and oxygen atoms in total. The van der Waals surface area contributed by atoms with Crippen LogP contribution < -0.4 is 11.3 Å². The zero-order chi connectivity index (χ0) is 12.5. The number of rotatable bonds is 8. The van der Waals surface area contributed by atoms with Gasteiger partial charge in [0.25, 0.3) is 0 Å². The number of hydrogen-bond acceptors (Lipinski definition) is 2. The first kappa shape index (κ1) is 14.2. The first-order valence-corrected chi connectivity index (χ1v) is 6.84. The first-order chi connectivity index (χ1) is 8.30. The number of hydrazine groups is 1. The quantitative estimate of drug-likeness (QED) is 0.412. The highest BCUT2D eigenvalue weighted by atomic mass is 15.2. The molecular weight excluding hydrogens is 208 g/mol. The maximum Gasteiger partial charge on any atom is 0.0250 e. The largest absolute Gasteiger partial charge is 0.271 e. The molecule has 0 spiro atoms. The Morgan fingerprint density at radius 3 is 2.24 bits per heavy atom. The second kappa shape index (κ2) is 8.26. The zero-order valence-electron chi connectivity index (χ0n) is 11.2. The second-order valence-corrected chi connectivity index (χ2v) is 4.73. The Morgan fingerprint density at radius 1 is 1.06 bits per heavy atom. The van der Waals surface area contributed by atoms with Crippen LogP contribution in [0.3, 0.4) is 0 Å². The third-order valence-electron chi connectivity index (χ3n) is 3.31. The van der Waals surface area contributed by atoms with Gasteiger partial charge in [0.15, 0.2) is 0 Å². The van der Waals surface area contributed by atoms with Crippen LogP contribution in [0.5, 0.6) is 0 Å². The van der Waals surface area contributed by atoms with E-state index in [1.165, 1.54) is 36.8 Å². The van der Waals surface area contributed by atoms with E-state index in [1.807, 2.05) is 0 Å². The molecule has 0 saturated carbocycles. The lowest BCUT2D eigenvalue weighted by Crippen LogP contribution is -2.36. The lowest BCUT2D eigenvalue weighted by Gasteiger charge is -2.15. The maximum absolute atomic E-state index is 5.61. The fourth-order valence-corrected chi connectivity index (χ4v) is 2.08. The van der Waals surface area contributed by atoms with Gasteiger partial charge in [0, 0.05) is 6.04 Å². The van der Waals surface area contributed by atoms with E-state index in [-0.39, 0.29) is 0 Å². The number of hydrogen-bond donors (Lipinski definition) is 2. The molecular formula is C15H26N2. The van der Waals surface area contributed by atoms with Gasteiger partial charge in [0.05, 0.1) is 0 Å². The van der Waals surface area contributed by atoms with Gasteiger partial charge in [-0.1, -0.05) is 57.4 Å². The fraction of sp³-hybridized carbons (Fsp3) is 0.600. The van der Waals surface area contributed by atoms with Crippen molar-refractivity contribution in [2.45, 2.75) is 58.4 Å². The van der Waals surface area contributed by atoms with E-state index in [0.717, 1.165) is 12.8 Å². The highest BCUT2D eigenvalue weighted by Gasteiger charge is 2.07. The van der Waals surface area contributed by atoms with Crippen LogP contribution in [-0.2, 0) is 12.8 Å². The summed E-state index contributed by atoms with van der Waals surface area (Å²) in [7, 11) is 0. The molecule has 0 bridgehead atoms. The fourth-order valence-electron chi connectivity index (χ4n) is 2.08. The molecule has 0 fully saturated rings. The van der Waals surface area contributed by atoms with Crippen LogP contribution >= 0.6 is 0 Å². The van der Waals surface area contributed by atoms with E-state index in [2.05, 4.69) is 43.5 Å². The molecule has 0 aliphatic rings. The standard InChI is InChI=1S/C15H26N2/c1-3-5-6-7-15(17-16)12-14-10-8-13(4-2)9-11-14/h8-11,15,17H,3-7,12,16H2,1-2H3. The summed E-state index contributed by atoms with van der Waals surface area (Å²) in [5.74, 6) is 5.61. The molecule has 0 amide bonds. The Morgan fingerprint density at radius 2 is 1.71 bits per heavy atom. The van der Waals surface area contributed by atoms with E-state index in [1.54, 1.807) is 0 Å². The molecule has 0 radical (unpaired) electrons. The Labute approximate surface area is 106 Å². The molecule has 1 rings (SSSR count). The predicted molar refractivity (Wildman–Crippen MR) is 74.8 cm³/mol. The molecule has 0 aliphatic heterocycles. The lowest BCUT2D eigenvalue weighted by atomic mass is 10.00. The van der Waals surface area contributed by atoms with Crippen LogP contribution in [0.2, 0.25) is 0 Å². The average Bonchev–Trinajstić information content (AvgIpc) is 2.38. The summed E-state index contributed by atoms with van der Waals surface area (Å²) in [6.07, 6.45) is 7.13. The Bertz CT molecular complexity index is 292. The maximum atomic E-state index is 5.61. The van der Waals surface area contributed by atoms with Crippen LogP contribution in [0.1, 0.15) is 50.7 Å². The van der Waals surface area contributed by atoms with E-state index >= 15 is 0 Å². The molecule has 2 heteroatoms. The SMILES string of the molecule is CCCCCC(Cc1ccc(CC)cc1)NN. The van der Waals surface area contributed by atoms with Crippen molar-refractivity contribution >= 4 is 0 Å². The summed E-state index contributed by atoms with van der Waals surface area (Å²) in [5.41, 5.74) is 5.71. The van der Waals surface area contributed by atoms with Gasteiger partial charge >= 0.3 is 0 Å². The summed E-state index contributed by atoms with van der Waals surface area (Å²) in [4.78, 5) is 0. The average molecular weight is 234 g/mol. The van der Waals surface area contributed by atoms with Crippen molar-refractivity contribution in [2.75, 3.05) is 0 Å². The summed E-state index contributed by atoms with van der Waals surface area (Å²) >= 11 is 0. The van der Waals surface area contributed by atoms with Crippen molar-refractivity contribution in [3.05, 3.63) is 35.4 Å². The Kier molecular flexibility index (Phi) is 6.90. The predicted octanol–water partition coefficient (Wildman–Crippen LogP) is 3.20. The molecule has 1 unspecified atom stereocenters. The lowest BCUT2D eigenvalue weighted by molar-refractivity contribution is 0.467. The Hall–Kier alpha value is -0.860. The molecule has 0 aliphatic carbocycles. The zero-order valence-corrected chi connectivity index (χ0v) is 11.2. The third kappa shape index (κ3) is 5.33. The summed E-state index contributed by atoms with van der Waals surface area (Å²) < 4.78 is 0. The van der Waals surface area contributed by atoms with Crippen molar-refractivity contribution in [3.8, 4) is 0 Å². The van der Waals surface area contributed by atoms with E-state index in [9.17, 15) is 0 Å². The van der Waals surface area contributed by atoms with E-state index in [0.29, 0.717) is 6.04 Å². The molecule has 17 heavy (non-hydrogen) atoms. The van der Waals surface area contributed by atoms with Crippen molar-refractivity contribution in [3.63, 3.8) is 0 Å². The first-order valence-electron chi connectivity index (χ1n) is 6.84. The van der Waals surface area contributed by atoms with Crippen molar-refractivity contribution in [1.82, 2.24) is 5.43 Å². The summed E-state index contributed by atoms with van der Waals surface area (Å²) in [5, 5.41) is 0. The topological polar surface area (TPSA) is 38.0 Å². The van der Waals surface area contributed by atoms with Crippen molar-refractivity contribution < 1.29 is 0 Å². The van der Waals surface area contributed by atoms with Gasteiger partial charge < -0.3 is 0 Å². The van der Waals surface area contributed by atoms with Gasteiger partial charge in [-0.15, -0.1) is 0 Å². The normalized spacial score (nSPS) is 12.6. The minimum atomic E-state index is 0.411. The van der Waals surface area contributed by atoms with E-state index in [4.69, 9.17) is 5.84 Å².